The maximum Gasteiger partial charge on any atom is 0.139 e. The number of fused-ring (bicyclic) bond motifs is 1. The molecule has 4 rings (SSSR count). The van der Waals surface area contributed by atoms with E-state index in [2.05, 4.69) is 52.3 Å². The zero-order valence-corrected chi connectivity index (χ0v) is 20.0. The van der Waals surface area contributed by atoms with Gasteiger partial charge in [-0.15, -0.1) is 0 Å². The lowest BCUT2D eigenvalue weighted by atomic mass is 10.0. The molecule has 0 aromatic carbocycles. The minimum Gasteiger partial charge on any atom is -0.378 e. The van der Waals surface area contributed by atoms with Gasteiger partial charge < -0.3 is 14.4 Å². The molecule has 0 unspecified atom stereocenters. The van der Waals surface area contributed by atoms with Gasteiger partial charge in [-0.2, -0.15) is 5.10 Å². The molecule has 3 aromatic rings. The van der Waals surface area contributed by atoms with E-state index >= 15 is 0 Å². The highest BCUT2D eigenvalue weighted by molar-refractivity contribution is 6.76. The zero-order valence-electron chi connectivity index (χ0n) is 19.0. The summed E-state index contributed by atoms with van der Waals surface area (Å²) in [6, 6.07) is 3.16. The van der Waals surface area contributed by atoms with Gasteiger partial charge in [0, 0.05) is 50.6 Å². The van der Waals surface area contributed by atoms with E-state index in [-0.39, 0.29) is 0 Å². The number of hydrogen-bond donors (Lipinski definition) is 1. The van der Waals surface area contributed by atoms with Crippen molar-refractivity contribution in [2.45, 2.75) is 63.7 Å². The van der Waals surface area contributed by atoms with Crippen LogP contribution in [0.4, 0.5) is 0 Å². The van der Waals surface area contributed by atoms with Crippen LogP contribution in [0.15, 0.2) is 30.9 Å². The molecule has 0 spiro atoms. The van der Waals surface area contributed by atoms with Crippen molar-refractivity contribution in [3.63, 3.8) is 0 Å². The summed E-state index contributed by atoms with van der Waals surface area (Å²) in [6.45, 7) is 8.30. The molecule has 31 heavy (non-hydrogen) atoms. The van der Waals surface area contributed by atoms with Crippen molar-refractivity contribution in [3.05, 3.63) is 36.5 Å². The molecule has 1 saturated carbocycles. The molecule has 3 heterocycles. The first-order chi connectivity index (χ1) is 14.7. The molecule has 3 aromatic heterocycles. The van der Waals surface area contributed by atoms with Gasteiger partial charge in [0.2, 0.25) is 0 Å². The normalized spacial score (nSPS) is 15.9. The first-order valence-corrected chi connectivity index (χ1v) is 14.7. The first-order valence-electron chi connectivity index (χ1n) is 11.0. The molecule has 6 nitrogen and oxygen atoms in total. The van der Waals surface area contributed by atoms with Crippen LogP contribution < -0.4 is 0 Å². The smallest absolute Gasteiger partial charge is 0.139 e. The average molecular weight is 437 g/mol. The van der Waals surface area contributed by atoms with Crippen LogP contribution in [-0.2, 0) is 18.5 Å². The minimum absolute atomic E-state index is 0.464. The van der Waals surface area contributed by atoms with Gasteiger partial charge in [-0.3, -0.25) is 0 Å². The predicted octanol–water partition coefficient (Wildman–Crippen LogP) is 4.41. The molecule has 0 bridgehead atoms. The number of pyridine rings is 1. The Morgan fingerprint density at radius 1 is 1.19 bits per heavy atom. The van der Waals surface area contributed by atoms with Gasteiger partial charge in [-0.05, 0) is 43.7 Å². The Kier molecular flexibility index (Phi) is 6.06. The van der Waals surface area contributed by atoms with Crippen molar-refractivity contribution in [2.75, 3.05) is 6.61 Å². The SMILES string of the molecule is Cn1cc(-c2cnn(COCC[Si](C)(C)C)c2)c2cc(C#CC3(O)CCCC3)ncc21. The molecule has 0 radical (unpaired) electrons. The lowest BCUT2D eigenvalue weighted by molar-refractivity contribution is 0.0786. The van der Waals surface area contributed by atoms with Crippen LogP contribution in [0, 0.1) is 11.8 Å². The topological polar surface area (TPSA) is 65.1 Å². The monoisotopic (exact) mass is 436 g/mol. The summed E-state index contributed by atoms with van der Waals surface area (Å²) >= 11 is 0. The minimum atomic E-state index is -1.09. The molecule has 0 aliphatic heterocycles. The quantitative estimate of drug-likeness (QED) is 0.353. The highest BCUT2D eigenvalue weighted by Crippen LogP contribution is 2.31. The molecule has 164 valence electrons. The summed E-state index contributed by atoms with van der Waals surface area (Å²) in [5, 5.41) is 16.1. The Morgan fingerprint density at radius 3 is 2.71 bits per heavy atom. The average Bonchev–Trinajstić information content (AvgIpc) is 3.43. The van der Waals surface area contributed by atoms with E-state index in [1.54, 1.807) is 0 Å². The Labute approximate surface area is 185 Å². The fourth-order valence-electron chi connectivity index (χ4n) is 3.95. The first kappa shape index (κ1) is 21.8. The van der Waals surface area contributed by atoms with Crippen molar-refractivity contribution in [1.82, 2.24) is 19.3 Å². The van der Waals surface area contributed by atoms with Gasteiger partial charge in [0.25, 0.3) is 0 Å². The second-order valence-electron chi connectivity index (χ2n) is 9.85. The molecule has 1 fully saturated rings. The molecule has 1 aliphatic carbocycles. The number of aliphatic hydroxyl groups is 1. The third-order valence-corrected chi connectivity index (χ3v) is 7.60. The Balaban J connectivity index is 1.54. The van der Waals surface area contributed by atoms with Crippen LogP contribution in [0.25, 0.3) is 22.0 Å². The van der Waals surface area contributed by atoms with Crippen LogP contribution in [0.3, 0.4) is 0 Å². The van der Waals surface area contributed by atoms with Crippen molar-refractivity contribution in [1.29, 1.82) is 0 Å². The summed E-state index contributed by atoms with van der Waals surface area (Å²) < 4.78 is 9.74. The lowest BCUT2D eigenvalue weighted by Gasteiger charge is -2.15. The second-order valence-corrected chi connectivity index (χ2v) is 15.5. The predicted molar refractivity (Wildman–Crippen MR) is 126 cm³/mol. The number of hydrogen-bond acceptors (Lipinski definition) is 4. The number of nitrogens with zero attached hydrogens (tertiary/aromatic N) is 4. The van der Waals surface area contributed by atoms with Crippen LogP contribution in [0.2, 0.25) is 25.7 Å². The van der Waals surface area contributed by atoms with Gasteiger partial charge in [0.15, 0.2) is 0 Å². The van der Waals surface area contributed by atoms with E-state index in [1.807, 2.05) is 36.4 Å². The molecule has 0 saturated heterocycles. The van der Waals surface area contributed by atoms with E-state index in [0.717, 1.165) is 60.4 Å². The van der Waals surface area contributed by atoms with Crippen molar-refractivity contribution in [3.8, 4) is 23.0 Å². The standard InChI is InChI=1S/C24H32N4O2Si/c1-27-17-22(19-14-26-28(16-19)18-30-11-12-31(2,3)4)21-13-20(25-15-23(21)27)7-10-24(29)8-5-6-9-24/h13-17,29H,5-6,8-9,11-12,18H2,1-4H3. The molecule has 0 atom stereocenters. The van der Waals surface area contributed by atoms with E-state index in [0.29, 0.717) is 12.4 Å². The second kappa shape index (κ2) is 8.62. The van der Waals surface area contributed by atoms with Crippen LogP contribution in [0.1, 0.15) is 31.4 Å². The van der Waals surface area contributed by atoms with E-state index in [9.17, 15) is 5.11 Å². The third-order valence-electron chi connectivity index (χ3n) is 5.89. The van der Waals surface area contributed by atoms with Crippen LogP contribution in [0.5, 0.6) is 0 Å². The summed E-state index contributed by atoms with van der Waals surface area (Å²) in [6.07, 6.45) is 11.4. The number of aryl methyl sites for hydroxylation is 1. The van der Waals surface area contributed by atoms with Gasteiger partial charge in [-0.1, -0.05) is 25.6 Å². The molecule has 1 aliphatic rings. The highest BCUT2D eigenvalue weighted by atomic mass is 28.3. The van der Waals surface area contributed by atoms with E-state index < -0.39 is 13.7 Å². The van der Waals surface area contributed by atoms with Crippen molar-refractivity contribution >= 4 is 19.0 Å². The summed E-state index contributed by atoms with van der Waals surface area (Å²) in [5.74, 6) is 6.16. The van der Waals surface area contributed by atoms with Gasteiger partial charge in [0.1, 0.15) is 18.0 Å². The Morgan fingerprint density at radius 2 is 1.97 bits per heavy atom. The third kappa shape index (κ3) is 5.27. The van der Waals surface area contributed by atoms with Crippen LogP contribution >= 0.6 is 0 Å². The lowest BCUT2D eigenvalue weighted by Crippen LogP contribution is -2.22. The fraction of sp³-hybridized carbons (Fsp3) is 0.500. The Bertz CT molecular complexity index is 1120. The van der Waals surface area contributed by atoms with Crippen LogP contribution in [-0.4, -0.2) is 44.7 Å². The molecule has 1 N–H and O–H groups in total. The molecular formula is C24H32N4O2Si. The number of aromatic nitrogens is 4. The zero-order chi connectivity index (χ0) is 22.1. The molecule has 0 amide bonds. The van der Waals surface area contributed by atoms with Gasteiger partial charge in [0.05, 0.1) is 17.9 Å². The largest absolute Gasteiger partial charge is 0.378 e. The van der Waals surface area contributed by atoms with Crippen molar-refractivity contribution in [2.24, 2.45) is 7.05 Å². The van der Waals surface area contributed by atoms with Crippen molar-refractivity contribution < 1.29 is 9.84 Å². The fourth-order valence-corrected chi connectivity index (χ4v) is 4.71. The molecule has 7 heteroatoms. The highest BCUT2D eigenvalue weighted by Gasteiger charge is 2.28. The molecular weight excluding hydrogens is 404 g/mol. The number of ether oxygens (including phenoxy) is 1. The maximum absolute atomic E-state index is 10.5. The van der Waals surface area contributed by atoms with E-state index in [4.69, 9.17) is 4.74 Å². The van der Waals surface area contributed by atoms with Gasteiger partial charge >= 0.3 is 0 Å². The van der Waals surface area contributed by atoms with E-state index in [1.165, 1.54) is 0 Å². The summed E-state index contributed by atoms with van der Waals surface area (Å²) in [7, 11) is 0.931. The number of rotatable bonds is 6. The Hall–Kier alpha value is -2.40. The maximum atomic E-state index is 10.5. The summed E-state index contributed by atoms with van der Waals surface area (Å²) in [4.78, 5) is 4.50. The summed E-state index contributed by atoms with van der Waals surface area (Å²) in [5.41, 5.74) is 3.00. The van der Waals surface area contributed by atoms with Gasteiger partial charge in [-0.25, -0.2) is 9.67 Å².